The first kappa shape index (κ1) is 20.0. The third-order valence-electron chi connectivity index (χ3n) is 4.25. The highest BCUT2D eigenvalue weighted by atomic mass is 16.5. The van der Waals surface area contributed by atoms with Crippen molar-refractivity contribution in [1.29, 1.82) is 0 Å². The minimum Gasteiger partial charge on any atom is -0.497 e. The summed E-state index contributed by atoms with van der Waals surface area (Å²) >= 11 is 0. The van der Waals surface area contributed by atoms with E-state index in [-0.39, 0.29) is 17.4 Å². The average molecular weight is 390 g/mol. The summed E-state index contributed by atoms with van der Waals surface area (Å²) in [5.74, 6) is 0.749. The van der Waals surface area contributed by atoms with E-state index in [0.29, 0.717) is 23.7 Å². The van der Waals surface area contributed by atoms with Gasteiger partial charge in [0, 0.05) is 24.0 Å². The minimum atomic E-state index is -0.371. The number of ketones is 1. The molecule has 2 aromatic carbocycles. The number of benzene rings is 2. The molecule has 0 aliphatic carbocycles. The number of anilines is 2. The van der Waals surface area contributed by atoms with E-state index in [1.807, 2.05) is 24.3 Å². The molecule has 0 saturated carbocycles. The summed E-state index contributed by atoms with van der Waals surface area (Å²) in [6.07, 6.45) is 2.29. The molecular formula is C22H22N4O3. The average Bonchev–Trinajstić information content (AvgIpc) is 2.74. The lowest BCUT2D eigenvalue weighted by molar-refractivity contribution is 0.100. The van der Waals surface area contributed by atoms with Crippen molar-refractivity contribution in [2.75, 3.05) is 24.3 Å². The monoisotopic (exact) mass is 390 g/mol. The molecule has 0 unspecified atom stereocenters. The Morgan fingerprint density at radius 2 is 1.90 bits per heavy atom. The number of Topliss-reactive ketones (excluding diaryl/α,β-unsaturated/α-hetero) is 1. The van der Waals surface area contributed by atoms with Crippen LogP contribution < -0.4 is 15.4 Å². The number of hydrogen-bond acceptors (Lipinski definition) is 6. The van der Waals surface area contributed by atoms with Crippen LogP contribution in [0.4, 0.5) is 11.6 Å². The molecule has 2 N–H and O–H groups in total. The van der Waals surface area contributed by atoms with Gasteiger partial charge >= 0.3 is 0 Å². The van der Waals surface area contributed by atoms with E-state index in [1.54, 1.807) is 31.4 Å². The standard InChI is InChI=1S/C22H22N4O3/c1-15(27)17-6-4-7-18(14-17)25-21(28)20-10-12-24-22(26-20)23-11-9-16-5-3-8-19(13-16)29-2/h3-8,10,12-14H,9,11H2,1-2H3,(H,25,28)(H,23,24,26). The quantitative estimate of drug-likeness (QED) is 0.571. The zero-order valence-corrected chi connectivity index (χ0v) is 16.3. The van der Waals surface area contributed by atoms with Gasteiger partial charge in [0.2, 0.25) is 5.95 Å². The molecule has 0 radical (unpaired) electrons. The molecular weight excluding hydrogens is 368 g/mol. The summed E-state index contributed by atoms with van der Waals surface area (Å²) in [6, 6.07) is 16.1. The highest BCUT2D eigenvalue weighted by molar-refractivity contribution is 6.04. The smallest absolute Gasteiger partial charge is 0.274 e. The Hall–Kier alpha value is -3.74. The normalized spacial score (nSPS) is 10.3. The Morgan fingerprint density at radius 1 is 1.07 bits per heavy atom. The fraction of sp³-hybridized carbons (Fsp3) is 0.182. The van der Waals surface area contributed by atoms with Gasteiger partial charge in [-0.05, 0) is 49.2 Å². The van der Waals surface area contributed by atoms with E-state index in [9.17, 15) is 9.59 Å². The maximum absolute atomic E-state index is 12.5. The van der Waals surface area contributed by atoms with Crippen LogP contribution in [-0.4, -0.2) is 35.3 Å². The summed E-state index contributed by atoms with van der Waals surface area (Å²) < 4.78 is 5.22. The molecule has 7 heteroatoms. The molecule has 3 rings (SSSR count). The number of ether oxygens (including phenoxy) is 1. The van der Waals surface area contributed by atoms with E-state index >= 15 is 0 Å². The van der Waals surface area contributed by atoms with Gasteiger partial charge in [0.15, 0.2) is 5.78 Å². The van der Waals surface area contributed by atoms with E-state index in [0.717, 1.165) is 17.7 Å². The second-order valence-electron chi connectivity index (χ2n) is 6.38. The number of carbonyl (C=O) groups excluding carboxylic acids is 2. The van der Waals surface area contributed by atoms with E-state index in [2.05, 4.69) is 20.6 Å². The van der Waals surface area contributed by atoms with Gasteiger partial charge in [0.25, 0.3) is 5.91 Å². The summed E-state index contributed by atoms with van der Waals surface area (Å²) in [5, 5.41) is 5.88. The second-order valence-corrected chi connectivity index (χ2v) is 6.38. The molecule has 29 heavy (non-hydrogen) atoms. The van der Waals surface area contributed by atoms with Crippen molar-refractivity contribution in [1.82, 2.24) is 9.97 Å². The molecule has 0 saturated heterocycles. The summed E-state index contributed by atoms with van der Waals surface area (Å²) in [7, 11) is 1.64. The summed E-state index contributed by atoms with van der Waals surface area (Å²) in [4.78, 5) is 32.4. The van der Waals surface area contributed by atoms with Gasteiger partial charge in [-0.1, -0.05) is 24.3 Å². The van der Waals surface area contributed by atoms with E-state index in [1.165, 1.54) is 19.2 Å². The lowest BCUT2D eigenvalue weighted by Crippen LogP contribution is -2.16. The van der Waals surface area contributed by atoms with Crippen molar-refractivity contribution in [3.63, 3.8) is 0 Å². The number of carbonyl (C=O) groups is 2. The molecule has 0 aliphatic heterocycles. The number of amides is 1. The van der Waals surface area contributed by atoms with Crippen molar-refractivity contribution in [3.05, 3.63) is 77.6 Å². The van der Waals surface area contributed by atoms with Crippen molar-refractivity contribution in [2.45, 2.75) is 13.3 Å². The Morgan fingerprint density at radius 3 is 2.69 bits per heavy atom. The second kappa shape index (κ2) is 9.45. The number of rotatable bonds is 8. The first-order valence-electron chi connectivity index (χ1n) is 9.17. The summed E-state index contributed by atoms with van der Waals surface area (Å²) in [5.41, 5.74) is 2.42. The molecule has 1 aromatic heterocycles. The molecule has 0 aliphatic rings. The highest BCUT2D eigenvalue weighted by Crippen LogP contribution is 2.14. The van der Waals surface area contributed by atoms with Crippen molar-refractivity contribution < 1.29 is 14.3 Å². The fourth-order valence-electron chi connectivity index (χ4n) is 2.73. The van der Waals surface area contributed by atoms with Crippen LogP contribution in [0.15, 0.2) is 60.8 Å². The number of nitrogens with zero attached hydrogens (tertiary/aromatic N) is 2. The predicted molar refractivity (Wildman–Crippen MR) is 112 cm³/mol. The van der Waals surface area contributed by atoms with Crippen LogP contribution in [0.2, 0.25) is 0 Å². The minimum absolute atomic E-state index is 0.0642. The van der Waals surface area contributed by atoms with Gasteiger partial charge in [0.1, 0.15) is 11.4 Å². The predicted octanol–water partition coefficient (Wildman–Crippen LogP) is 3.59. The molecule has 0 bridgehead atoms. The Bertz CT molecular complexity index is 1020. The fourth-order valence-corrected chi connectivity index (χ4v) is 2.73. The number of nitrogens with one attached hydrogen (secondary N) is 2. The molecule has 7 nitrogen and oxygen atoms in total. The van der Waals surface area contributed by atoms with Crippen LogP contribution in [0.5, 0.6) is 5.75 Å². The number of hydrogen-bond donors (Lipinski definition) is 2. The maximum atomic E-state index is 12.5. The zero-order valence-electron chi connectivity index (χ0n) is 16.3. The third kappa shape index (κ3) is 5.62. The van der Waals surface area contributed by atoms with Crippen LogP contribution in [0.1, 0.15) is 33.3 Å². The van der Waals surface area contributed by atoms with Gasteiger partial charge < -0.3 is 15.4 Å². The van der Waals surface area contributed by atoms with Crippen LogP contribution in [-0.2, 0) is 6.42 Å². The number of methoxy groups -OCH3 is 1. The van der Waals surface area contributed by atoms with Crippen LogP contribution in [0, 0.1) is 0 Å². The van der Waals surface area contributed by atoms with Crippen LogP contribution in [0.3, 0.4) is 0 Å². The van der Waals surface area contributed by atoms with Crippen molar-refractivity contribution >= 4 is 23.3 Å². The van der Waals surface area contributed by atoms with Gasteiger partial charge in [-0.25, -0.2) is 9.97 Å². The maximum Gasteiger partial charge on any atom is 0.274 e. The molecule has 1 amide bonds. The Balaban J connectivity index is 1.60. The van der Waals surface area contributed by atoms with Crippen molar-refractivity contribution in [3.8, 4) is 5.75 Å². The Labute approximate surface area is 169 Å². The molecule has 148 valence electrons. The topological polar surface area (TPSA) is 93.2 Å². The van der Waals surface area contributed by atoms with Crippen molar-refractivity contribution in [2.24, 2.45) is 0 Å². The first-order valence-corrected chi connectivity index (χ1v) is 9.17. The molecule has 0 spiro atoms. The number of aromatic nitrogens is 2. The van der Waals surface area contributed by atoms with E-state index < -0.39 is 0 Å². The lowest BCUT2D eigenvalue weighted by atomic mass is 10.1. The highest BCUT2D eigenvalue weighted by Gasteiger charge is 2.10. The van der Waals surface area contributed by atoms with Crippen LogP contribution in [0.25, 0.3) is 0 Å². The van der Waals surface area contributed by atoms with E-state index in [4.69, 9.17) is 4.74 Å². The van der Waals surface area contributed by atoms with Gasteiger partial charge in [-0.15, -0.1) is 0 Å². The molecule has 0 fully saturated rings. The zero-order chi connectivity index (χ0) is 20.6. The largest absolute Gasteiger partial charge is 0.497 e. The SMILES string of the molecule is COc1cccc(CCNc2nccc(C(=O)Nc3cccc(C(C)=O)c3)n2)c1. The van der Waals surface area contributed by atoms with Crippen LogP contribution >= 0.6 is 0 Å². The molecule has 0 atom stereocenters. The molecule has 3 aromatic rings. The first-order chi connectivity index (χ1) is 14.0. The van der Waals surface area contributed by atoms with Gasteiger partial charge in [-0.3, -0.25) is 9.59 Å². The summed E-state index contributed by atoms with van der Waals surface area (Å²) in [6.45, 7) is 2.09. The van der Waals surface area contributed by atoms with Gasteiger partial charge in [-0.2, -0.15) is 0 Å². The molecule has 1 heterocycles. The lowest BCUT2D eigenvalue weighted by Gasteiger charge is -2.09. The van der Waals surface area contributed by atoms with Gasteiger partial charge in [0.05, 0.1) is 7.11 Å². The Kier molecular flexibility index (Phi) is 6.52. The third-order valence-corrected chi connectivity index (χ3v) is 4.25.